The highest BCUT2D eigenvalue weighted by molar-refractivity contribution is 5.67. The normalized spacial score (nSPS) is 21.0. The Morgan fingerprint density at radius 2 is 1.86 bits per heavy atom. The van der Waals surface area contributed by atoms with Crippen LogP contribution in [0.25, 0.3) is 0 Å². The Morgan fingerprint density at radius 3 is 2.38 bits per heavy atom. The van der Waals surface area contributed by atoms with Crippen molar-refractivity contribution < 1.29 is 4.92 Å². The smallest absolute Gasteiger partial charge is 0.352 e. The van der Waals surface area contributed by atoms with Gasteiger partial charge in [0.15, 0.2) is 0 Å². The van der Waals surface area contributed by atoms with Crippen LogP contribution in [0.15, 0.2) is 6.33 Å². The molecule has 0 atom stereocenters. The molecule has 3 N–H and O–H groups in total. The van der Waals surface area contributed by atoms with E-state index in [1.165, 1.54) is 6.33 Å². The first kappa shape index (κ1) is 15.5. The van der Waals surface area contributed by atoms with Gasteiger partial charge in [0.25, 0.3) is 0 Å². The van der Waals surface area contributed by atoms with Crippen LogP contribution < -0.4 is 11.1 Å². The van der Waals surface area contributed by atoms with Crippen molar-refractivity contribution in [3.8, 4) is 0 Å². The molecule has 116 valence electrons. The SMILES string of the molecule is CC1(C)CC(Nc2ncnc(N)c2[N+](=O)[O-])CC(C)(C)C1. The molecule has 0 aliphatic heterocycles. The molecule has 1 heterocycles. The van der Waals surface area contributed by atoms with Gasteiger partial charge in [-0.05, 0) is 30.1 Å². The van der Waals surface area contributed by atoms with Crippen LogP contribution in [-0.2, 0) is 0 Å². The molecule has 2 rings (SSSR count). The first-order valence-corrected chi connectivity index (χ1v) is 7.11. The fraction of sp³-hybridized carbons (Fsp3) is 0.714. The number of rotatable bonds is 3. The number of nitrogens with two attached hydrogens (primary N) is 1. The standard InChI is InChI=1S/C14H23N5O2/c1-13(2)5-9(6-14(3,4)7-13)18-12-10(19(20)21)11(15)16-8-17-12/h8-9H,5-7H2,1-4H3,(H3,15,16,17,18). The van der Waals surface area contributed by atoms with E-state index in [1.807, 2.05) is 0 Å². The number of nitro groups is 1. The molecule has 0 unspecified atom stereocenters. The highest BCUT2D eigenvalue weighted by Gasteiger charge is 2.39. The quantitative estimate of drug-likeness (QED) is 0.655. The second kappa shape index (κ2) is 5.13. The van der Waals surface area contributed by atoms with Crippen LogP contribution in [0.4, 0.5) is 17.3 Å². The molecule has 0 radical (unpaired) electrons. The Kier molecular flexibility index (Phi) is 3.78. The van der Waals surface area contributed by atoms with Gasteiger partial charge < -0.3 is 11.1 Å². The lowest BCUT2D eigenvalue weighted by atomic mass is 9.63. The van der Waals surface area contributed by atoms with Crippen LogP contribution in [0.5, 0.6) is 0 Å². The van der Waals surface area contributed by atoms with Gasteiger partial charge in [0.1, 0.15) is 6.33 Å². The lowest BCUT2D eigenvalue weighted by Crippen LogP contribution is -2.40. The van der Waals surface area contributed by atoms with Crippen LogP contribution in [-0.4, -0.2) is 20.9 Å². The molecular weight excluding hydrogens is 270 g/mol. The summed E-state index contributed by atoms with van der Waals surface area (Å²) < 4.78 is 0. The summed E-state index contributed by atoms with van der Waals surface area (Å²) >= 11 is 0. The Hall–Kier alpha value is -1.92. The Balaban J connectivity index is 2.26. The third-order valence-electron chi connectivity index (χ3n) is 3.93. The van der Waals surface area contributed by atoms with Gasteiger partial charge in [0.05, 0.1) is 4.92 Å². The first-order chi connectivity index (χ1) is 9.60. The number of nitrogens with one attached hydrogen (secondary N) is 1. The highest BCUT2D eigenvalue weighted by atomic mass is 16.6. The van der Waals surface area contributed by atoms with Gasteiger partial charge in [-0.3, -0.25) is 10.1 Å². The van der Waals surface area contributed by atoms with E-state index in [4.69, 9.17) is 5.73 Å². The fourth-order valence-electron chi connectivity index (χ4n) is 3.82. The fourth-order valence-corrected chi connectivity index (χ4v) is 3.82. The summed E-state index contributed by atoms with van der Waals surface area (Å²) in [6.45, 7) is 8.91. The molecule has 1 fully saturated rings. The third-order valence-corrected chi connectivity index (χ3v) is 3.93. The first-order valence-electron chi connectivity index (χ1n) is 7.11. The molecule has 0 spiro atoms. The minimum absolute atomic E-state index is 0.105. The number of hydrogen-bond acceptors (Lipinski definition) is 6. The maximum absolute atomic E-state index is 11.1. The van der Waals surface area contributed by atoms with E-state index in [2.05, 4.69) is 43.0 Å². The van der Waals surface area contributed by atoms with E-state index in [9.17, 15) is 10.1 Å². The van der Waals surface area contributed by atoms with Crippen LogP contribution in [0.3, 0.4) is 0 Å². The summed E-state index contributed by atoms with van der Waals surface area (Å²) in [5, 5.41) is 14.4. The minimum Gasteiger partial charge on any atom is -0.378 e. The summed E-state index contributed by atoms with van der Waals surface area (Å²) in [5.41, 5.74) is 5.74. The summed E-state index contributed by atoms with van der Waals surface area (Å²) in [4.78, 5) is 18.3. The number of nitrogen functional groups attached to an aromatic ring is 1. The number of nitrogens with zero attached hydrogens (tertiary/aromatic N) is 3. The van der Waals surface area contributed by atoms with E-state index < -0.39 is 4.92 Å². The van der Waals surface area contributed by atoms with E-state index in [0.29, 0.717) is 0 Å². The molecule has 0 saturated heterocycles. The van der Waals surface area contributed by atoms with Crippen LogP contribution >= 0.6 is 0 Å². The molecule has 1 aliphatic carbocycles. The highest BCUT2D eigenvalue weighted by Crippen LogP contribution is 2.46. The van der Waals surface area contributed by atoms with Crippen molar-refractivity contribution in [1.82, 2.24) is 9.97 Å². The monoisotopic (exact) mass is 293 g/mol. The zero-order valence-electron chi connectivity index (χ0n) is 13.0. The van der Waals surface area contributed by atoms with Crippen LogP contribution in [0.2, 0.25) is 0 Å². The van der Waals surface area contributed by atoms with E-state index in [0.717, 1.165) is 19.3 Å². The molecule has 7 nitrogen and oxygen atoms in total. The van der Waals surface area contributed by atoms with Crippen LogP contribution in [0, 0.1) is 20.9 Å². The summed E-state index contributed by atoms with van der Waals surface area (Å²) in [6, 6.07) is 0.136. The Morgan fingerprint density at radius 1 is 1.29 bits per heavy atom. The van der Waals surface area contributed by atoms with Gasteiger partial charge in [-0.2, -0.15) is 0 Å². The van der Waals surface area contributed by atoms with Gasteiger partial charge in [-0.15, -0.1) is 0 Å². The largest absolute Gasteiger partial charge is 0.378 e. The number of hydrogen-bond donors (Lipinski definition) is 2. The van der Waals surface area contributed by atoms with E-state index in [1.54, 1.807) is 0 Å². The van der Waals surface area contributed by atoms with Gasteiger partial charge in [0, 0.05) is 6.04 Å². The summed E-state index contributed by atoms with van der Waals surface area (Å²) in [6.07, 6.45) is 4.27. The predicted octanol–water partition coefficient (Wildman–Crippen LogP) is 2.98. The molecule has 21 heavy (non-hydrogen) atoms. The lowest BCUT2D eigenvalue weighted by Gasteiger charge is -2.45. The van der Waals surface area contributed by atoms with Crippen molar-refractivity contribution in [3.05, 3.63) is 16.4 Å². The molecule has 1 aromatic heterocycles. The van der Waals surface area contributed by atoms with E-state index in [-0.39, 0.29) is 34.2 Å². The molecule has 0 amide bonds. The minimum atomic E-state index is -0.531. The number of aromatic nitrogens is 2. The van der Waals surface area contributed by atoms with Crippen molar-refractivity contribution in [2.24, 2.45) is 10.8 Å². The van der Waals surface area contributed by atoms with Crippen molar-refractivity contribution in [3.63, 3.8) is 0 Å². The Labute approximate surface area is 124 Å². The Bertz CT molecular complexity index is 540. The maximum Gasteiger partial charge on any atom is 0.352 e. The molecule has 0 bridgehead atoms. The molecule has 0 aromatic carbocycles. The lowest BCUT2D eigenvalue weighted by molar-refractivity contribution is -0.383. The van der Waals surface area contributed by atoms with Gasteiger partial charge in [-0.25, -0.2) is 9.97 Å². The average Bonchev–Trinajstić information content (AvgIpc) is 2.23. The van der Waals surface area contributed by atoms with Crippen molar-refractivity contribution >= 4 is 17.3 Å². The maximum atomic E-state index is 11.1. The molecule has 1 saturated carbocycles. The molecular formula is C14H23N5O2. The van der Waals surface area contributed by atoms with Crippen molar-refractivity contribution in [2.45, 2.75) is 53.0 Å². The zero-order chi connectivity index (χ0) is 15.8. The van der Waals surface area contributed by atoms with Gasteiger partial charge >= 0.3 is 5.69 Å². The summed E-state index contributed by atoms with van der Waals surface area (Å²) in [5.74, 6) is 0.109. The van der Waals surface area contributed by atoms with Crippen LogP contribution in [0.1, 0.15) is 47.0 Å². The van der Waals surface area contributed by atoms with Crippen molar-refractivity contribution in [1.29, 1.82) is 0 Å². The second-order valence-corrected chi connectivity index (χ2v) is 7.47. The predicted molar refractivity (Wildman–Crippen MR) is 81.9 cm³/mol. The van der Waals surface area contributed by atoms with Crippen molar-refractivity contribution in [2.75, 3.05) is 11.1 Å². The topological polar surface area (TPSA) is 107 Å². The zero-order valence-corrected chi connectivity index (χ0v) is 13.0. The third kappa shape index (κ3) is 3.59. The molecule has 1 aromatic rings. The van der Waals surface area contributed by atoms with Gasteiger partial charge in [0.2, 0.25) is 11.6 Å². The molecule has 7 heteroatoms. The molecule has 1 aliphatic rings. The average molecular weight is 293 g/mol. The van der Waals surface area contributed by atoms with E-state index >= 15 is 0 Å². The van der Waals surface area contributed by atoms with Gasteiger partial charge in [-0.1, -0.05) is 27.7 Å². The number of anilines is 2. The second-order valence-electron chi connectivity index (χ2n) is 7.47. The summed E-state index contributed by atoms with van der Waals surface area (Å²) in [7, 11) is 0.